The number of aromatic nitrogens is 4. The second kappa shape index (κ2) is 5.42. The first-order valence-electron chi connectivity index (χ1n) is 6.65. The summed E-state index contributed by atoms with van der Waals surface area (Å²) < 4.78 is 6.84. The third-order valence-electron chi connectivity index (χ3n) is 3.42. The fourth-order valence-electron chi connectivity index (χ4n) is 2.35. The highest BCUT2D eigenvalue weighted by molar-refractivity contribution is 5.75. The molecule has 6 heteroatoms. The van der Waals surface area contributed by atoms with Crippen molar-refractivity contribution < 1.29 is 4.52 Å². The normalized spacial score (nSPS) is 12.9. The summed E-state index contributed by atoms with van der Waals surface area (Å²) in [5.41, 5.74) is 2.17. The molecule has 1 unspecified atom stereocenters. The predicted octanol–water partition coefficient (Wildman–Crippen LogP) is 1.85. The van der Waals surface area contributed by atoms with Crippen LogP contribution in [0.1, 0.15) is 24.6 Å². The highest BCUT2D eigenvalue weighted by Crippen LogP contribution is 2.18. The molecule has 2 heterocycles. The van der Waals surface area contributed by atoms with Crippen molar-refractivity contribution in [1.82, 2.24) is 25.0 Å². The second-order valence-electron chi connectivity index (χ2n) is 4.79. The molecule has 3 rings (SSSR count). The SMILES string of the molecule is CC(NCCc1ncon1)c1nc2ccccc2n1C. The lowest BCUT2D eigenvalue weighted by molar-refractivity contribution is 0.408. The quantitative estimate of drug-likeness (QED) is 0.767. The number of nitrogens with one attached hydrogen (secondary N) is 1. The van der Waals surface area contributed by atoms with E-state index in [-0.39, 0.29) is 6.04 Å². The standard InChI is InChI=1S/C14H17N5O/c1-10(15-8-7-13-16-9-20-18-13)14-17-11-5-3-4-6-12(11)19(14)2/h3-6,9-10,15H,7-8H2,1-2H3. The number of para-hydroxylation sites is 2. The lowest BCUT2D eigenvalue weighted by atomic mass is 10.3. The summed E-state index contributed by atoms with van der Waals surface area (Å²) in [7, 11) is 2.04. The van der Waals surface area contributed by atoms with E-state index in [9.17, 15) is 0 Å². The van der Waals surface area contributed by atoms with Crippen LogP contribution >= 0.6 is 0 Å². The Bertz CT molecular complexity index is 689. The second-order valence-corrected chi connectivity index (χ2v) is 4.79. The van der Waals surface area contributed by atoms with E-state index < -0.39 is 0 Å². The Labute approximate surface area is 116 Å². The van der Waals surface area contributed by atoms with Gasteiger partial charge in [-0.3, -0.25) is 0 Å². The number of aryl methyl sites for hydroxylation is 1. The van der Waals surface area contributed by atoms with Gasteiger partial charge in [0.05, 0.1) is 17.1 Å². The molecule has 1 aromatic carbocycles. The average Bonchev–Trinajstić information content (AvgIpc) is 3.08. The van der Waals surface area contributed by atoms with Crippen molar-refractivity contribution in [3.63, 3.8) is 0 Å². The van der Waals surface area contributed by atoms with Gasteiger partial charge in [-0.2, -0.15) is 4.98 Å². The van der Waals surface area contributed by atoms with E-state index in [4.69, 9.17) is 4.52 Å². The van der Waals surface area contributed by atoms with Crippen LogP contribution in [0, 0.1) is 0 Å². The minimum atomic E-state index is 0.166. The Hall–Kier alpha value is -2.21. The van der Waals surface area contributed by atoms with Crippen LogP contribution in [-0.4, -0.2) is 26.2 Å². The Morgan fingerprint density at radius 2 is 2.20 bits per heavy atom. The van der Waals surface area contributed by atoms with Crippen molar-refractivity contribution in [2.75, 3.05) is 6.54 Å². The molecule has 1 N–H and O–H groups in total. The summed E-state index contributed by atoms with van der Waals surface area (Å²) in [6.45, 7) is 2.89. The first-order chi connectivity index (χ1) is 9.75. The van der Waals surface area contributed by atoms with Gasteiger partial charge in [0.1, 0.15) is 5.82 Å². The van der Waals surface area contributed by atoms with Crippen molar-refractivity contribution in [3.05, 3.63) is 42.3 Å². The molecule has 0 saturated carbocycles. The first-order valence-corrected chi connectivity index (χ1v) is 6.65. The van der Waals surface area contributed by atoms with Crippen LogP contribution in [0.15, 0.2) is 35.2 Å². The minimum Gasteiger partial charge on any atom is -0.343 e. The molecule has 0 radical (unpaired) electrons. The van der Waals surface area contributed by atoms with E-state index in [0.717, 1.165) is 35.6 Å². The maximum Gasteiger partial charge on any atom is 0.213 e. The molecule has 0 aliphatic rings. The number of hydrogen-bond acceptors (Lipinski definition) is 5. The predicted molar refractivity (Wildman–Crippen MR) is 75.1 cm³/mol. The van der Waals surface area contributed by atoms with E-state index in [1.54, 1.807) is 0 Å². The van der Waals surface area contributed by atoms with Gasteiger partial charge in [0.25, 0.3) is 0 Å². The molecule has 104 valence electrons. The minimum absolute atomic E-state index is 0.166. The van der Waals surface area contributed by atoms with Gasteiger partial charge >= 0.3 is 0 Å². The third kappa shape index (κ3) is 2.42. The fraction of sp³-hybridized carbons (Fsp3) is 0.357. The molecule has 0 aliphatic carbocycles. The Morgan fingerprint density at radius 3 is 2.95 bits per heavy atom. The van der Waals surface area contributed by atoms with Crippen LogP contribution in [0.3, 0.4) is 0 Å². The molecule has 0 aliphatic heterocycles. The van der Waals surface area contributed by atoms with Crippen LogP contribution in [-0.2, 0) is 13.5 Å². The van der Waals surface area contributed by atoms with Gasteiger partial charge < -0.3 is 14.4 Å². The maximum absolute atomic E-state index is 4.71. The van der Waals surface area contributed by atoms with Gasteiger partial charge in [0.2, 0.25) is 6.39 Å². The number of imidazole rings is 1. The lowest BCUT2D eigenvalue weighted by Gasteiger charge is -2.13. The van der Waals surface area contributed by atoms with E-state index >= 15 is 0 Å². The largest absolute Gasteiger partial charge is 0.343 e. The number of nitrogens with zero attached hydrogens (tertiary/aromatic N) is 4. The Morgan fingerprint density at radius 1 is 1.35 bits per heavy atom. The molecular weight excluding hydrogens is 254 g/mol. The smallest absolute Gasteiger partial charge is 0.213 e. The van der Waals surface area contributed by atoms with Gasteiger partial charge in [-0.1, -0.05) is 17.3 Å². The van der Waals surface area contributed by atoms with Gasteiger partial charge in [0.15, 0.2) is 5.82 Å². The van der Waals surface area contributed by atoms with Crippen LogP contribution in [0.2, 0.25) is 0 Å². The zero-order valence-corrected chi connectivity index (χ0v) is 11.6. The molecule has 3 aromatic rings. The van der Waals surface area contributed by atoms with Crippen LogP contribution in [0.4, 0.5) is 0 Å². The van der Waals surface area contributed by atoms with Crippen LogP contribution in [0.5, 0.6) is 0 Å². The molecule has 20 heavy (non-hydrogen) atoms. The van der Waals surface area contributed by atoms with Gasteiger partial charge in [0, 0.05) is 20.0 Å². The van der Waals surface area contributed by atoms with Crippen molar-refractivity contribution >= 4 is 11.0 Å². The lowest BCUT2D eigenvalue weighted by Crippen LogP contribution is -2.24. The fourth-order valence-corrected chi connectivity index (χ4v) is 2.35. The van der Waals surface area contributed by atoms with Crippen LogP contribution < -0.4 is 5.32 Å². The van der Waals surface area contributed by atoms with E-state index in [0.29, 0.717) is 0 Å². The van der Waals surface area contributed by atoms with Crippen LogP contribution in [0.25, 0.3) is 11.0 Å². The highest BCUT2D eigenvalue weighted by Gasteiger charge is 2.13. The van der Waals surface area contributed by atoms with E-state index in [2.05, 4.69) is 38.0 Å². The van der Waals surface area contributed by atoms with Crippen molar-refractivity contribution in [2.24, 2.45) is 7.05 Å². The maximum atomic E-state index is 4.71. The molecule has 6 nitrogen and oxygen atoms in total. The van der Waals surface area contributed by atoms with Crippen molar-refractivity contribution in [3.8, 4) is 0 Å². The molecule has 0 fully saturated rings. The average molecular weight is 271 g/mol. The number of rotatable bonds is 5. The summed E-state index contributed by atoms with van der Waals surface area (Å²) in [6, 6.07) is 8.32. The molecule has 1 atom stereocenters. The monoisotopic (exact) mass is 271 g/mol. The molecule has 2 aromatic heterocycles. The van der Waals surface area contributed by atoms with Crippen molar-refractivity contribution in [1.29, 1.82) is 0 Å². The van der Waals surface area contributed by atoms with Crippen molar-refractivity contribution in [2.45, 2.75) is 19.4 Å². The van der Waals surface area contributed by atoms with Gasteiger partial charge in [-0.25, -0.2) is 4.98 Å². The number of benzene rings is 1. The zero-order valence-electron chi connectivity index (χ0n) is 11.6. The Kier molecular flexibility index (Phi) is 3.47. The summed E-state index contributed by atoms with van der Waals surface area (Å²) in [6.07, 6.45) is 2.09. The molecular formula is C14H17N5O. The number of hydrogen-bond donors (Lipinski definition) is 1. The summed E-state index contributed by atoms with van der Waals surface area (Å²) >= 11 is 0. The van der Waals surface area contributed by atoms with E-state index in [1.165, 1.54) is 6.39 Å². The third-order valence-corrected chi connectivity index (χ3v) is 3.42. The first kappa shape index (κ1) is 12.8. The molecule has 0 amide bonds. The zero-order chi connectivity index (χ0) is 13.9. The topological polar surface area (TPSA) is 68.8 Å². The van der Waals surface area contributed by atoms with Gasteiger partial charge in [-0.15, -0.1) is 0 Å². The van der Waals surface area contributed by atoms with E-state index in [1.807, 2.05) is 25.2 Å². The highest BCUT2D eigenvalue weighted by atomic mass is 16.5. The number of fused-ring (bicyclic) bond motifs is 1. The summed E-state index contributed by atoms with van der Waals surface area (Å²) in [4.78, 5) is 8.68. The van der Waals surface area contributed by atoms with Gasteiger partial charge in [-0.05, 0) is 19.1 Å². The Balaban J connectivity index is 1.69. The summed E-state index contributed by atoms with van der Waals surface area (Å²) in [5, 5.41) is 7.23. The molecule has 0 spiro atoms. The molecule has 0 bridgehead atoms. The summed E-state index contributed by atoms with van der Waals surface area (Å²) in [5.74, 6) is 1.74. The molecule has 0 saturated heterocycles.